The Morgan fingerprint density at radius 2 is 1.70 bits per heavy atom. The highest BCUT2D eigenvalue weighted by molar-refractivity contribution is 5.78. The van der Waals surface area contributed by atoms with Crippen molar-refractivity contribution in [2.24, 2.45) is 11.8 Å². The van der Waals surface area contributed by atoms with E-state index in [0.29, 0.717) is 12.6 Å². The molecule has 0 aromatic carbocycles. The van der Waals surface area contributed by atoms with E-state index in [1.807, 2.05) is 0 Å². The first kappa shape index (κ1) is 15.8. The van der Waals surface area contributed by atoms with Gasteiger partial charge in [-0.15, -0.1) is 0 Å². The summed E-state index contributed by atoms with van der Waals surface area (Å²) in [7, 11) is 2.11. The van der Waals surface area contributed by atoms with E-state index < -0.39 is 0 Å². The molecule has 0 saturated heterocycles. The second kappa shape index (κ2) is 8.02. The molecule has 3 heteroatoms. The summed E-state index contributed by atoms with van der Waals surface area (Å²) in [6.45, 7) is 3.81. The maximum absolute atomic E-state index is 12.1. The SMILES string of the molecule is CC1CCC(N(C)CC(=O)NCC2CCCCC2)CC1. The molecule has 0 heterocycles. The van der Waals surface area contributed by atoms with Crippen LogP contribution in [-0.2, 0) is 4.79 Å². The molecule has 0 spiro atoms. The zero-order valence-electron chi connectivity index (χ0n) is 13.4. The lowest BCUT2D eigenvalue weighted by Crippen LogP contribution is -2.43. The number of carbonyl (C=O) groups is 1. The molecule has 2 rings (SSSR count). The molecule has 0 atom stereocenters. The van der Waals surface area contributed by atoms with Gasteiger partial charge in [0.05, 0.1) is 6.54 Å². The minimum atomic E-state index is 0.219. The van der Waals surface area contributed by atoms with Gasteiger partial charge in [0.1, 0.15) is 0 Å². The third kappa shape index (κ3) is 5.08. The predicted molar refractivity (Wildman–Crippen MR) is 83.6 cm³/mol. The summed E-state index contributed by atoms with van der Waals surface area (Å²) in [5.74, 6) is 1.82. The number of rotatable bonds is 5. The molecule has 2 aliphatic rings. The van der Waals surface area contributed by atoms with Gasteiger partial charge in [0.15, 0.2) is 0 Å². The van der Waals surface area contributed by atoms with E-state index in [1.165, 1.54) is 57.8 Å². The summed E-state index contributed by atoms with van der Waals surface area (Å²) in [5, 5.41) is 3.15. The van der Waals surface area contributed by atoms with Crippen molar-refractivity contribution in [1.82, 2.24) is 10.2 Å². The monoisotopic (exact) mass is 280 g/mol. The molecule has 2 saturated carbocycles. The summed E-state index contributed by atoms with van der Waals surface area (Å²) in [6.07, 6.45) is 11.8. The average Bonchev–Trinajstić information content (AvgIpc) is 2.47. The molecule has 116 valence electrons. The lowest BCUT2D eigenvalue weighted by Gasteiger charge is -2.33. The van der Waals surface area contributed by atoms with Crippen LogP contribution in [0, 0.1) is 11.8 Å². The highest BCUT2D eigenvalue weighted by Crippen LogP contribution is 2.26. The quantitative estimate of drug-likeness (QED) is 0.839. The van der Waals surface area contributed by atoms with Crippen LogP contribution < -0.4 is 5.32 Å². The minimum absolute atomic E-state index is 0.219. The van der Waals surface area contributed by atoms with Crippen LogP contribution in [0.2, 0.25) is 0 Å². The smallest absolute Gasteiger partial charge is 0.234 e. The van der Waals surface area contributed by atoms with Crippen LogP contribution in [-0.4, -0.2) is 37.0 Å². The van der Waals surface area contributed by atoms with Gasteiger partial charge in [0, 0.05) is 12.6 Å². The number of amides is 1. The van der Waals surface area contributed by atoms with Crippen LogP contribution in [0.3, 0.4) is 0 Å². The molecule has 0 aromatic rings. The lowest BCUT2D eigenvalue weighted by atomic mass is 9.87. The van der Waals surface area contributed by atoms with E-state index in [1.54, 1.807) is 0 Å². The molecule has 20 heavy (non-hydrogen) atoms. The summed E-state index contributed by atoms with van der Waals surface area (Å²) < 4.78 is 0. The van der Waals surface area contributed by atoms with Crippen LogP contribution in [0.15, 0.2) is 0 Å². The number of hydrogen-bond acceptors (Lipinski definition) is 2. The van der Waals surface area contributed by atoms with Crippen LogP contribution in [0.4, 0.5) is 0 Å². The van der Waals surface area contributed by atoms with E-state index >= 15 is 0 Å². The predicted octanol–water partition coefficient (Wildman–Crippen LogP) is 3.19. The van der Waals surface area contributed by atoms with Gasteiger partial charge in [-0.2, -0.15) is 0 Å². The topological polar surface area (TPSA) is 32.3 Å². The van der Waals surface area contributed by atoms with Gasteiger partial charge in [-0.05, 0) is 57.4 Å². The van der Waals surface area contributed by atoms with Crippen LogP contribution in [0.25, 0.3) is 0 Å². The average molecular weight is 280 g/mol. The van der Waals surface area contributed by atoms with Gasteiger partial charge in [0.2, 0.25) is 5.91 Å². The van der Waals surface area contributed by atoms with Crippen molar-refractivity contribution in [3.05, 3.63) is 0 Å². The summed E-state index contributed by atoms with van der Waals surface area (Å²) in [6, 6.07) is 0.617. The van der Waals surface area contributed by atoms with Crippen molar-refractivity contribution >= 4 is 5.91 Å². The Hall–Kier alpha value is -0.570. The fourth-order valence-corrected chi connectivity index (χ4v) is 3.74. The van der Waals surface area contributed by atoms with Crippen molar-refractivity contribution in [3.63, 3.8) is 0 Å². The molecular formula is C17H32N2O. The third-order valence-electron chi connectivity index (χ3n) is 5.31. The van der Waals surface area contributed by atoms with Crippen molar-refractivity contribution in [3.8, 4) is 0 Å². The van der Waals surface area contributed by atoms with E-state index in [-0.39, 0.29) is 5.91 Å². The maximum atomic E-state index is 12.1. The van der Waals surface area contributed by atoms with Crippen molar-refractivity contribution < 1.29 is 4.79 Å². The van der Waals surface area contributed by atoms with Gasteiger partial charge < -0.3 is 5.32 Å². The summed E-state index contributed by atoms with van der Waals surface area (Å²) >= 11 is 0. The number of carbonyl (C=O) groups excluding carboxylic acids is 1. The van der Waals surface area contributed by atoms with Gasteiger partial charge in [-0.25, -0.2) is 0 Å². The summed E-state index contributed by atoms with van der Waals surface area (Å²) in [5.41, 5.74) is 0. The fourth-order valence-electron chi connectivity index (χ4n) is 3.74. The Morgan fingerprint density at radius 1 is 1.05 bits per heavy atom. The molecule has 1 N–H and O–H groups in total. The molecule has 2 fully saturated rings. The minimum Gasteiger partial charge on any atom is -0.355 e. The van der Waals surface area contributed by atoms with Crippen LogP contribution in [0.5, 0.6) is 0 Å². The lowest BCUT2D eigenvalue weighted by molar-refractivity contribution is -0.122. The van der Waals surface area contributed by atoms with E-state index in [0.717, 1.165) is 18.4 Å². The largest absolute Gasteiger partial charge is 0.355 e. The second-order valence-corrected chi connectivity index (χ2v) is 7.14. The molecule has 1 amide bonds. The van der Waals surface area contributed by atoms with Gasteiger partial charge in [-0.1, -0.05) is 26.2 Å². The number of likely N-dealkylation sites (N-methyl/N-ethyl adjacent to an activating group) is 1. The van der Waals surface area contributed by atoms with Gasteiger partial charge in [-0.3, -0.25) is 9.69 Å². The molecule has 3 nitrogen and oxygen atoms in total. The number of hydrogen-bond donors (Lipinski definition) is 1. The van der Waals surface area contributed by atoms with Crippen molar-refractivity contribution in [2.45, 2.75) is 70.8 Å². The summed E-state index contributed by atoms with van der Waals surface area (Å²) in [4.78, 5) is 14.3. The molecule has 0 aliphatic heterocycles. The zero-order valence-corrected chi connectivity index (χ0v) is 13.4. The maximum Gasteiger partial charge on any atom is 0.234 e. The van der Waals surface area contributed by atoms with E-state index in [9.17, 15) is 4.79 Å². The van der Waals surface area contributed by atoms with Gasteiger partial charge in [0.25, 0.3) is 0 Å². The van der Waals surface area contributed by atoms with E-state index in [4.69, 9.17) is 0 Å². The third-order valence-corrected chi connectivity index (χ3v) is 5.31. The number of nitrogens with one attached hydrogen (secondary N) is 1. The first-order valence-electron chi connectivity index (χ1n) is 8.62. The molecule has 0 radical (unpaired) electrons. The Kier molecular flexibility index (Phi) is 6.34. The molecule has 0 aromatic heterocycles. The normalized spacial score (nSPS) is 28.6. The van der Waals surface area contributed by atoms with Crippen molar-refractivity contribution in [2.75, 3.05) is 20.1 Å². The van der Waals surface area contributed by atoms with Gasteiger partial charge >= 0.3 is 0 Å². The Morgan fingerprint density at radius 3 is 2.35 bits per heavy atom. The molecular weight excluding hydrogens is 248 g/mol. The number of nitrogens with zero attached hydrogens (tertiary/aromatic N) is 1. The Labute approximate surface area is 124 Å². The van der Waals surface area contributed by atoms with Crippen molar-refractivity contribution in [1.29, 1.82) is 0 Å². The zero-order chi connectivity index (χ0) is 14.4. The first-order valence-corrected chi connectivity index (χ1v) is 8.62. The molecule has 0 unspecified atom stereocenters. The highest BCUT2D eigenvalue weighted by atomic mass is 16.2. The highest BCUT2D eigenvalue weighted by Gasteiger charge is 2.23. The Balaban J connectivity index is 1.63. The first-order chi connectivity index (χ1) is 9.65. The van der Waals surface area contributed by atoms with Crippen LogP contribution >= 0.6 is 0 Å². The fraction of sp³-hybridized carbons (Fsp3) is 0.941. The molecule has 2 aliphatic carbocycles. The standard InChI is InChI=1S/C17H32N2O/c1-14-8-10-16(11-9-14)19(2)13-17(20)18-12-15-6-4-3-5-7-15/h14-16H,3-13H2,1-2H3,(H,18,20). The van der Waals surface area contributed by atoms with Crippen LogP contribution in [0.1, 0.15) is 64.7 Å². The Bertz CT molecular complexity index is 291. The van der Waals surface area contributed by atoms with E-state index in [2.05, 4.69) is 24.2 Å². The second-order valence-electron chi connectivity index (χ2n) is 7.14. The molecule has 0 bridgehead atoms.